The average Bonchev–Trinajstić information content (AvgIpc) is 2.92. The minimum Gasteiger partial charge on any atom is -0.295 e. The van der Waals surface area contributed by atoms with E-state index in [0.717, 1.165) is 16.7 Å². The van der Waals surface area contributed by atoms with Gasteiger partial charge in [0.1, 0.15) is 0 Å². The molecule has 1 heteroatoms. The lowest BCUT2D eigenvalue weighted by atomic mass is 9.85. The summed E-state index contributed by atoms with van der Waals surface area (Å²) < 4.78 is 0. The van der Waals surface area contributed by atoms with Crippen molar-refractivity contribution in [2.45, 2.75) is 6.92 Å². The molecule has 0 fully saturated rings. The maximum atomic E-state index is 11.7. The molecular formula is C34H24O. The van der Waals surface area contributed by atoms with E-state index in [2.05, 4.69) is 103 Å². The molecule has 0 aliphatic heterocycles. The van der Waals surface area contributed by atoms with Gasteiger partial charge < -0.3 is 0 Å². The number of carbonyl (C=O) groups excluding carboxylic acids is 1. The maximum absolute atomic E-state index is 11.7. The van der Waals surface area contributed by atoms with Crippen molar-refractivity contribution in [3.8, 4) is 33.4 Å². The van der Waals surface area contributed by atoms with Crippen molar-refractivity contribution in [1.29, 1.82) is 0 Å². The Morgan fingerprint density at radius 1 is 0.429 bits per heavy atom. The lowest BCUT2D eigenvalue weighted by Gasteiger charge is -2.18. The zero-order chi connectivity index (χ0) is 23.8. The van der Waals surface area contributed by atoms with Gasteiger partial charge in [-0.25, -0.2) is 0 Å². The molecule has 1 nitrogen and oxygen atoms in total. The summed E-state index contributed by atoms with van der Waals surface area (Å²) in [4.78, 5) is 11.7. The Morgan fingerprint density at radius 3 is 1.43 bits per heavy atom. The predicted molar refractivity (Wildman–Crippen MR) is 148 cm³/mol. The highest BCUT2D eigenvalue weighted by Crippen LogP contribution is 2.43. The second-order valence-electron chi connectivity index (χ2n) is 8.92. The van der Waals surface area contributed by atoms with E-state index in [4.69, 9.17) is 0 Å². The molecule has 0 amide bonds. The summed E-state index contributed by atoms with van der Waals surface area (Å²) in [5, 5.41) is 5.00. The third-order valence-electron chi connectivity index (χ3n) is 6.77. The number of rotatable bonds is 4. The normalized spacial score (nSPS) is 11.1. The van der Waals surface area contributed by atoms with Crippen molar-refractivity contribution in [1.82, 2.24) is 0 Å². The Kier molecular flexibility index (Phi) is 5.24. The Bertz CT molecular complexity index is 1640. The van der Waals surface area contributed by atoms with Gasteiger partial charge in [0.15, 0.2) is 5.78 Å². The van der Waals surface area contributed by atoms with Gasteiger partial charge in [0.25, 0.3) is 0 Å². The van der Waals surface area contributed by atoms with Crippen LogP contribution in [0.25, 0.3) is 54.9 Å². The van der Waals surface area contributed by atoms with Crippen LogP contribution in [0.3, 0.4) is 0 Å². The fourth-order valence-corrected chi connectivity index (χ4v) is 5.11. The minimum absolute atomic E-state index is 0.0850. The zero-order valence-electron chi connectivity index (χ0n) is 19.5. The van der Waals surface area contributed by atoms with E-state index in [0.29, 0.717) is 0 Å². The van der Waals surface area contributed by atoms with E-state index in [9.17, 15) is 4.79 Å². The van der Waals surface area contributed by atoms with E-state index in [1.807, 2.05) is 24.3 Å². The van der Waals surface area contributed by atoms with Crippen LogP contribution in [0.15, 0.2) is 127 Å². The first-order chi connectivity index (χ1) is 17.2. The summed E-state index contributed by atoms with van der Waals surface area (Å²) in [6.45, 7) is 1.60. The Balaban J connectivity index is 1.62. The second kappa shape index (κ2) is 8.70. The van der Waals surface area contributed by atoms with E-state index in [1.165, 1.54) is 43.8 Å². The Labute approximate surface area is 205 Å². The smallest absolute Gasteiger partial charge is 0.159 e. The topological polar surface area (TPSA) is 17.1 Å². The molecule has 0 aliphatic rings. The van der Waals surface area contributed by atoms with E-state index in [-0.39, 0.29) is 5.78 Å². The molecule has 0 unspecified atom stereocenters. The molecule has 0 radical (unpaired) electrons. The van der Waals surface area contributed by atoms with Crippen LogP contribution in [-0.4, -0.2) is 5.78 Å². The summed E-state index contributed by atoms with van der Waals surface area (Å²) in [6.07, 6.45) is 0. The van der Waals surface area contributed by atoms with Crippen LogP contribution in [0.2, 0.25) is 0 Å². The highest BCUT2D eigenvalue weighted by molar-refractivity contribution is 6.21. The van der Waals surface area contributed by atoms with Gasteiger partial charge in [-0.15, -0.1) is 0 Å². The van der Waals surface area contributed by atoms with Gasteiger partial charge in [0.2, 0.25) is 0 Å². The minimum atomic E-state index is 0.0850. The van der Waals surface area contributed by atoms with Crippen molar-refractivity contribution in [3.05, 3.63) is 133 Å². The van der Waals surface area contributed by atoms with Crippen molar-refractivity contribution in [2.75, 3.05) is 0 Å². The molecule has 166 valence electrons. The van der Waals surface area contributed by atoms with Crippen molar-refractivity contribution in [3.63, 3.8) is 0 Å². The molecule has 0 aliphatic carbocycles. The first kappa shape index (κ1) is 21.1. The molecule has 6 aromatic rings. The monoisotopic (exact) mass is 448 g/mol. The van der Waals surface area contributed by atoms with Gasteiger partial charge in [-0.05, 0) is 67.9 Å². The number of ketones is 1. The molecule has 6 rings (SSSR count). The molecule has 0 saturated heterocycles. The summed E-state index contributed by atoms with van der Waals surface area (Å²) in [7, 11) is 0. The van der Waals surface area contributed by atoms with Crippen LogP contribution in [0, 0.1) is 0 Å². The fraction of sp³-hybridized carbons (Fsp3) is 0.0294. The first-order valence-corrected chi connectivity index (χ1v) is 11.9. The van der Waals surface area contributed by atoms with Gasteiger partial charge in [-0.1, -0.05) is 121 Å². The molecule has 0 atom stereocenters. The summed E-state index contributed by atoms with van der Waals surface area (Å²) in [5.41, 5.74) is 7.91. The predicted octanol–water partition coefficient (Wildman–Crippen LogP) is 9.20. The third kappa shape index (κ3) is 3.72. The van der Waals surface area contributed by atoms with Crippen LogP contribution in [0.5, 0.6) is 0 Å². The molecule has 0 spiro atoms. The van der Waals surface area contributed by atoms with Crippen LogP contribution in [-0.2, 0) is 0 Å². The number of hydrogen-bond donors (Lipinski definition) is 0. The van der Waals surface area contributed by atoms with E-state index >= 15 is 0 Å². The Morgan fingerprint density at radius 2 is 0.886 bits per heavy atom. The number of Topliss-reactive ketones (excluding diaryl/α,β-unsaturated/α-hetero) is 1. The van der Waals surface area contributed by atoms with Crippen LogP contribution < -0.4 is 0 Å². The van der Waals surface area contributed by atoms with Gasteiger partial charge >= 0.3 is 0 Å². The van der Waals surface area contributed by atoms with Gasteiger partial charge in [0, 0.05) is 5.56 Å². The molecule has 0 saturated carbocycles. The maximum Gasteiger partial charge on any atom is 0.159 e. The summed E-state index contributed by atoms with van der Waals surface area (Å²) in [6, 6.07) is 44.7. The highest BCUT2D eigenvalue weighted by atomic mass is 16.1. The van der Waals surface area contributed by atoms with Gasteiger partial charge in [-0.3, -0.25) is 4.79 Å². The lowest BCUT2D eigenvalue weighted by Crippen LogP contribution is -1.92. The molecule has 0 N–H and O–H groups in total. The van der Waals surface area contributed by atoms with Gasteiger partial charge in [0.05, 0.1) is 0 Å². The summed E-state index contributed by atoms with van der Waals surface area (Å²) in [5.74, 6) is 0.0850. The van der Waals surface area contributed by atoms with Crippen LogP contribution in [0.4, 0.5) is 0 Å². The Hall–Kier alpha value is -4.49. The van der Waals surface area contributed by atoms with Crippen molar-refractivity contribution in [2.24, 2.45) is 0 Å². The summed E-state index contributed by atoms with van der Waals surface area (Å²) >= 11 is 0. The van der Waals surface area contributed by atoms with E-state index < -0.39 is 0 Å². The molecular weight excluding hydrogens is 424 g/mol. The molecule has 0 heterocycles. The molecule has 0 aromatic heterocycles. The quantitative estimate of drug-likeness (QED) is 0.194. The van der Waals surface area contributed by atoms with Crippen LogP contribution >= 0.6 is 0 Å². The number of carbonyl (C=O) groups is 1. The first-order valence-electron chi connectivity index (χ1n) is 11.9. The largest absolute Gasteiger partial charge is 0.295 e. The lowest BCUT2D eigenvalue weighted by molar-refractivity contribution is 0.101. The van der Waals surface area contributed by atoms with Crippen molar-refractivity contribution < 1.29 is 4.79 Å². The van der Waals surface area contributed by atoms with E-state index in [1.54, 1.807) is 6.92 Å². The molecule has 0 bridgehead atoms. The zero-order valence-corrected chi connectivity index (χ0v) is 19.5. The van der Waals surface area contributed by atoms with Crippen molar-refractivity contribution >= 4 is 27.3 Å². The highest BCUT2D eigenvalue weighted by Gasteiger charge is 2.16. The molecule has 6 aromatic carbocycles. The second-order valence-corrected chi connectivity index (χ2v) is 8.92. The van der Waals surface area contributed by atoms with Crippen LogP contribution in [0.1, 0.15) is 17.3 Å². The standard InChI is InChI=1S/C34H24O/c1-23(35)24-18-20-25(21-19-24)27-12-9-13-28(22-27)34-31-16-7-5-14-29(31)33(26-10-3-2-4-11-26)30-15-6-8-17-32(30)34/h2-22H,1H3. The molecule has 35 heavy (non-hydrogen) atoms. The average molecular weight is 449 g/mol. The fourth-order valence-electron chi connectivity index (χ4n) is 5.11. The van der Waals surface area contributed by atoms with Gasteiger partial charge in [-0.2, -0.15) is 0 Å². The number of hydrogen-bond acceptors (Lipinski definition) is 1. The third-order valence-corrected chi connectivity index (χ3v) is 6.77. The number of benzene rings is 6. The SMILES string of the molecule is CC(=O)c1ccc(-c2cccc(-c3c4ccccc4c(-c4ccccc4)c4ccccc34)c2)cc1. The number of fused-ring (bicyclic) bond motifs is 2.